The summed E-state index contributed by atoms with van der Waals surface area (Å²) in [6.45, 7) is 34.7. The van der Waals surface area contributed by atoms with Gasteiger partial charge in [-0.25, -0.2) is 0 Å². The molecule has 486 valence electrons. The Morgan fingerprint density at radius 3 is 0.683 bits per heavy atom. The van der Waals surface area contributed by atoms with E-state index in [1.807, 2.05) is 194 Å². The second-order valence-electron chi connectivity index (χ2n) is 13.8. The van der Waals surface area contributed by atoms with Crippen molar-refractivity contribution in [3.8, 4) is 0 Å². The van der Waals surface area contributed by atoms with Gasteiger partial charge in [0.2, 0.25) is 0 Å². The number of nitrogens with zero attached hydrogens (tertiary/aromatic N) is 5. The number of benzene rings is 3. The molecular weight excluding hydrogens is 1760 g/mol. The molecule has 0 spiro atoms. The van der Waals surface area contributed by atoms with E-state index in [1.54, 1.807) is 14.1 Å². The fourth-order valence-electron chi connectivity index (χ4n) is 3.87. The Balaban J connectivity index is -0.0000000284. The van der Waals surface area contributed by atoms with E-state index in [9.17, 15) is 0 Å². The SMILES string of the molecule is C.C.C.C.C.C.CC.CC.CC.CC.CCc1cc(C)ccn1.CCc1cc(C)ccn1.CN(C)C.CNC.C[N-]C.Cc1ccccc1.Cc1ccccc1.Cc1ccccc1.Cc1ccnc(C)c1.II.[CH3-].[CH3-].[CH3-].[I][V]([I])[I].[Y].[Y]. The minimum atomic E-state index is -0.278. The van der Waals surface area contributed by atoms with E-state index in [4.69, 9.17) is 0 Å². The first kappa shape index (κ1) is 141. The maximum absolute atomic E-state index is 4.16. The van der Waals surface area contributed by atoms with Crippen LogP contribution in [0.2, 0.25) is 0 Å². The molecule has 6 aromatic rings. The molecule has 0 aliphatic heterocycles. The Bertz CT molecular complexity index is 1630. The molecule has 3 heterocycles. The van der Waals surface area contributed by atoms with Gasteiger partial charge in [-0.3, -0.25) is 15.0 Å². The maximum Gasteiger partial charge on any atom is 0 e. The first-order valence-corrected chi connectivity index (χ1v) is 44.1. The van der Waals surface area contributed by atoms with Crippen LogP contribution in [0.5, 0.6) is 0 Å². The molecule has 0 unspecified atom stereocenters. The van der Waals surface area contributed by atoms with Crippen molar-refractivity contribution in [2.24, 2.45) is 0 Å². The molecule has 0 amide bonds. The van der Waals surface area contributed by atoms with E-state index >= 15 is 0 Å². The van der Waals surface area contributed by atoms with Crippen LogP contribution in [0.3, 0.4) is 0 Å². The van der Waals surface area contributed by atoms with Crippen LogP contribution in [-0.4, -0.2) is 69.2 Å². The average Bonchev–Trinajstić information content (AvgIpc) is 3.36. The summed E-state index contributed by atoms with van der Waals surface area (Å²) in [6.07, 6.45) is 7.59. The van der Waals surface area contributed by atoms with Gasteiger partial charge < -0.3 is 37.8 Å². The molecular formula is C68H134I5N6VY2-4. The Hall–Kier alpha value is 1.43. The number of hydrogen-bond acceptors (Lipinski definition) is 5. The molecule has 0 bridgehead atoms. The Labute approximate surface area is 631 Å². The molecule has 0 saturated carbocycles. The fraction of sp³-hybridized carbons (Fsp3) is 0.471. The van der Waals surface area contributed by atoms with E-state index in [-0.39, 0.29) is 137 Å². The van der Waals surface area contributed by atoms with Gasteiger partial charge in [0.15, 0.2) is 0 Å². The summed E-state index contributed by atoms with van der Waals surface area (Å²) in [6, 6.07) is 43.1. The summed E-state index contributed by atoms with van der Waals surface area (Å²) in [7, 11) is 13.2. The van der Waals surface area contributed by atoms with E-state index < -0.39 is 0 Å². The Kier molecular flexibility index (Phi) is 219. The first-order chi connectivity index (χ1) is 33.9. The predicted octanol–water partition coefficient (Wildman–Crippen LogP) is 25.9. The van der Waals surface area contributed by atoms with Gasteiger partial charge in [0, 0.05) is 138 Å². The molecule has 6 rings (SSSR count). The Morgan fingerprint density at radius 1 is 0.415 bits per heavy atom. The van der Waals surface area contributed by atoms with Crippen molar-refractivity contribution in [3.63, 3.8) is 0 Å². The molecule has 3 aromatic heterocycles. The predicted molar refractivity (Wildman–Crippen MR) is 429 cm³/mol. The topological polar surface area (TPSA) is 68.0 Å². The van der Waals surface area contributed by atoms with Gasteiger partial charge >= 0.3 is 64.9 Å². The molecule has 82 heavy (non-hydrogen) atoms. The summed E-state index contributed by atoms with van der Waals surface area (Å²) in [5.41, 5.74) is 11.3. The standard InChI is InChI=1S/2C8H11N.C7H9N.3C7H8.C3H9N.C2H7N.C2H6N.4C2H6.6CH4.3CH3.I2.3HI.V.2Y/c2*1-3-8-6-7(2)4-5-9-8;1-6-3-4-8-7(2)5-6;3*1-7-5-3-2-4-6-7;1-4(2)3;2*1-3-2;4*1-2;;;;;;;;;;1-2;;;;;;/h2*4-6H,3H2,1-2H3;3-5H,1-2H3;3*2-6H,1H3;1-3H3;3H,1-2H3;1-2H3;4*1-2H3;6*1H4;3*1H3;;3*1H;;;/q;;;;;;;;-1;;;;;;;;;;;3*-1;;;;;+3;;/p-3. The molecule has 3 aromatic carbocycles. The third-order valence-electron chi connectivity index (χ3n) is 6.54. The molecule has 0 fully saturated rings. The van der Waals surface area contributed by atoms with Crippen LogP contribution in [-0.2, 0) is 83.2 Å². The molecule has 1 N–H and O–H groups in total. The number of hydrogen-bond donors (Lipinski definition) is 1. The first-order valence-electron chi connectivity index (χ1n) is 24.3. The molecule has 0 aliphatic carbocycles. The van der Waals surface area contributed by atoms with Crippen LogP contribution in [0.15, 0.2) is 146 Å². The van der Waals surface area contributed by atoms with Crippen molar-refractivity contribution in [2.75, 3.05) is 49.3 Å². The number of rotatable bonds is 2. The van der Waals surface area contributed by atoms with Crippen LogP contribution in [0.25, 0.3) is 5.32 Å². The van der Waals surface area contributed by atoms with Crippen molar-refractivity contribution < 1.29 is 70.3 Å². The van der Waals surface area contributed by atoms with Crippen LogP contribution in [0.4, 0.5) is 0 Å². The molecule has 2 radical (unpaired) electrons. The minimum Gasteiger partial charge on any atom is 0 e. The van der Waals surface area contributed by atoms with Crippen molar-refractivity contribution in [1.82, 2.24) is 25.2 Å². The van der Waals surface area contributed by atoms with E-state index in [2.05, 4.69) is 233 Å². The third-order valence-corrected chi connectivity index (χ3v) is 6.54. The summed E-state index contributed by atoms with van der Waals surface area (Å²) in [5.74, 6) is 0. The zero-order chi connectivity index (χ0) is 57.3. The largest absolute Gasteiger partial charge is 0 e. The quantitative estimate of drug-likeness (QED) is 0.138. The summed E-state index contributed by atoms with van der Waals surface area (Å²) < 4.78 is 0. The third kappa shape index (κ3) is 149. The Morgan fingerprint density at radius 2 is 0.585 bits per heavy atom. The van der Waals surface area contributed by atoms with Gasteiger partial charge in [-0.1, -0.05) is 221 Å². The second kappa shape index (κ2) is 128. The van der Waals surface area contributed by atoms with Gasteiger partial charge in [-0.2, -0.15) is 14.1 Å². The fourth-order valence-corrected chi connectivity index (χ4v) is 3.87. The van der Waals surface area contributed by atoms with Gasteiger partial charge in [-0.15, -0.1) is 0 Å². The molecule has 0 atom stereocenters. The number of nitrogens with one attached hydrogen (secondary N) is 1. The summed E-state index contributed by atoms with van der Waals surface area (Å²) in [5, 5.41) is 6.25. The minimum absolute atomic E-state index is 0. The van der Waals surface area contributed by atoms with Gasteiger partial charge in [0.05, 0.1) is 0 Å². The second-order valence-corrected chi connectivity index (χ2v) is 49.1. The zero-order valence-electron chi connectivity index (χ0n) is 53.0. The van der Waals surface area contributed by atoms with E-state index in [0.717, 1.165) is 18.5 Å². The molecule has 0 aliphatic rings. The van der Waals surface area contributed by atoms with Crippen LogP contribution < -0.4 is 5.32 Å². The normalized spacial score (nSPS) is 6.91. The van der Waals surface area contributed by atoms with Gasteiger partial charge in [0.25, 0.3) is 0 Å². The number of halogens is 5. The number of aryl methyl sites for hydroxylation is 9. The van der Waals surface area contributed by atoms with Crippen molar-refractivity contribution in [1.29, 1.82) is 0 Å². The maximum atomic E-state index is 4.16. The molecule has 14 heteroatoms. The van der Waals surface area contributed by atoms with E-state index in [1.165, 1.54) is 44.8 Å². The van der Waals surface area contributed by atoms with Crippen LogP contribution in [0.1, 0.15) is 164 Å². The number of aromatic nitrogens is 3. The summed E-state index contributed by atoms with van der Waals surface area (Å²) >= 11 is 11.6. The zero-order valence-corrected chi connectivity index (χ0v) is 70.9. The summed E-state index contributed by atoms with van der Waals surface area (Å²) in [4.78, 5) is 14.1. The number of pyridine rings is 3. The smallest absolute Gasteiger partial charge is 0 e. The van der Waals surface area contributed by atoms with Crippen molar-refractivity contribution >= 4 is 97.2 Å². The monoisotopic (exact) mass is 1900 g/mol. The van der Waals surface area contributed by atoms with Crippen LogP contribution >= 0.6 is 97.2 Å². The van der Waals surface area contributed by atoms with Gasteiger partial charge in [-0.05, 0) is 150 Å². The average molecular weight is 1900 g/mol. The van der Waals surface area contributed by atoms with E-state index in [0.29, 0.717) is 0 Å². The van der Waals surface area contributed by atoms with Crippen molar-refractivity contribution in [3.05, 3.63) is 224 Å². The molecule has 0 saturated heterocycles. The van der Waals surface area contributed by atoms with Gasteiger partial charge in [0.1, 0.15) is 0 Å². The molecule has 6 nitrogen and oxygen atoms in total. The van der Waals surface area contributed by atoms with Crippen LogP contribution in [0, 0.1) is 70.7 Å². The van der Waals surface area contributed by atoms with Crippen molar-refractivity contribution in [2.45, 2.75) is 175 Å².